The van der Waals surface area contributed by atoms with Gasteiger partial charge >= 0.3 is 11.9 Å². The van der Waals surface area contributed by atoms with Gasteiger partial charge in [-0.3, -0.25) is 0 Å². The van der Waals surface area contributed by atoms with Crippen molar-refractivity contribution in [2.75, 3.05) is 6.61 Å². The SMILES string of the molecule is C=CC(=O)OC(O)COC(=O)C(=C)C. The summed E-state index contributed by atoms with van der Waals surface area (Å²) in [6.45, 7) is 7.50. The highest BCUT2D eigenvalue weighted by Crippen LogP contribution is 1.95. The highest BCUT2D eigenvalue weighted by molar-refractivity contribution is 5.87. The third-order valence-electron chi connectivity index (χ3n) is 1.12. The third kappa shape index (κ3) is 5.10. The van der Waals surface area contributed by atoms with Crippen molar-refractivity contribution >= 4 is 11.9 Å². The number of aliphatic hydroxyl groups is 1. The summed E-state index contributed by atoms with van der Waals surface area (Å²) in [7, 11) is 0. The van der Waals surface area contributed by atoms with Crippen molar-refractivity contribution in [3.63, 3.8) is 0 Å². The highest BCUT2D eigenvalue weighted by atomic mass is 16.7. The maximum Gasteiger partial charge on any atom is 0.333 e. The van der Waals surface area contributed by atoms with Crippen LogP contribution in [-0.4, -0.2) is 29.9 Å². The number of hydrogen-bond donors (Lipinski definition) is 1. The molecular weight excluding hydrogens is 188 g/mol. The second-order valence-corrected chi connectivity index (χ2v) is 2.47. The Hall–Kier alpha value is -1.62. The molecule has 5 heteroatoms. The molecule has 0 aromatic rings. The van der Waals surface area contributed by atoms with Gasteiger partial charge in [-0.15, -0.1) is 0 Å². The van der Waals surface area contributed by atoms with Crippen molar-refractivity contribution in [2.24, 2.45) is 0 Å². The number of carbonyl (C=O) groups excluding carboxylic acids is 2. The fraction of sp³-hybridized carbons (Fsp3) is 0.333. The molecule has 0 aliphatic carbocycles. The van der Waals surface area contributed by atoms with Crippen molar-refractivity contribution < 1.29 is 24.2 Å². The zero-order valence-electron chi connectivity index (χ0n) is 7.86. The predicted octanol–water partition coefficient (Wildman–Crippen LogP) is 0.153. The van der Waals surface area contributed by atoms with Crippen LogP contribution in [0.5, 0.6) is 0 Å². The van der Waals surface area contributed by atoms with E-state index in [4.69, 9.17) is 5.11 Å². The largest absolute Gasteiger partial charge is 0.456 e. The van der Waals surface area contributed by atoms with Crippen molar-refractivity contribution in [3.05, 3.63) is 24.8 Å². The Labute approximate surface area is 81.6 Å². The average molecular weight is 200 g/mol. The van der Waals surface area contributed by atoms with Crippen LogP contribution in [-0.2, 0) is 19.1 Å². The molecule has 1 N–H and O–H groups in total. The minimum Gasteiger partial charge on any atom is -0.456 e. The molecule has 0 saturated carbocycles. The molecule has 0 aliphatic heterocycles. The second kappa shape index (κ2) is 5.93. The summed E-state index contributed by atoms with van der Waals surface area (Å²) in [6.07, 6.45) is -0.590. The quantitative estimate of drug-likeness (QED) is 0.388. The molecule has 0 aliphatic rings. The number of esters is 2. The molecule has 1 unspecified atom stereocenters. The summed E-state index contributed by atoms with van der Waals surface area (Å²) >= 11 is 0. The first-order valence-corrected chi connectivity index (χ1v) is 3.81. The number of aliphatic hydroxyl groups excluding tert-OH is 1. The fourth-order valence-electron chi connectivity index (χ4n) is 0.486. The molecule has 0 bridgehead atoms. The van der Waals surface area contributed by atoms with E-state index in [9.17, 15) is 9.59 Å². The van der Waals surface area contributed by atoms with Gasteiger partial charge in [0.05, 0.1) is 0 Å². The first kappa shape index (κ1) is 12.4. The Morgan fingerprint density at radius 3 is 2.57 bits per heavy atom. The molecule has 14 heavy (non-hydrogen) atoms. The van der Waals surface area contributed by atoms with Gasteiger partial charge in [-0.25, -0.2) is 9.59 Å². The van der Waals surface area contributed by atoms with Gasteiger partial charge in [-0.1, -0.05) is 13.2 Å². The molecule has 0 aromatic carbocycles. The molecule has 0 heterocycles. The van der Waals surface area contributed by atoms with Gasteiger partial charge in [-0.05, 0) is 6.92 Å². The van der Waals surface area contributed by atoms with Crippen LogP contribution in [0, 0.1) is 0 Å². The summed E-state index contributed by atoms with van der Waals surface area (Å²) < 4.78 is 8.83. The van der Waals surface area contributed by atoms with E-state index < -0.39 is 24.8 Å². The fourth-order valence-corrected chi connectivity index (χ4v) is 0.486. The lowest BCUT2D eigenvalue weighted by Gasteiger charge is -2.10. The van der Waals surface area contributed by atoms with E-state index in [2.05, 4.69) is 22.6 Å². The van der Waals surface area contributed by atoms with Gasteiger partial charge in [0, 0.05) is 11.6 Å². The zero-order chi connectivity index (χ0) is 11.1. The smallest absolute Gasteiger partial charge is 0.333 e. The lowest BCUT2D eigenvalue weighted by molar-refractivity contribution is -0.176. The lowest BCUT2D eigenvalue weighted by Crippen LogP contribution is -2.24. The second-order valence-electron chi connectivity index (χ2n) is 2.47. The highest BCUT2D eigenvalue weighted by Gasteiger charge is 2.11. The predicted molar refractivity (Wildman–Crippen MR) is 48.1 cm³/mol. The summed E-state index contributed by atoms with van der Waals surface area (Å²) in [5, 5.41) is 8.98. The molecule has 0 fully saturated rings. The molecule has 0 aromatic heterocycles. The van der Waals surface area contributed by atoms with Crippen molar-refractivity contribution in [1.29, 1.82) is 0 Å². The molecule has 0 saturated heterocycles. The van der Waals surface area contributed by atoms with Gasteiger partial charge in [-0.2, -0.15) is 0 Å². The Morgan fingerprint density at radius 2 is 2.14 bits per heavy atom. The molecule has 0 radical (unpaired) electrons. The molecule has 78 valence electrons. The van der Waals surface area contributed by atoms with E-state index in [0.717, 1.165) is 6.08 Å². The Kier molecular flexibility index (Phi) is 5.24. The molecule has 0 rings (SSSR count). The van der Waals surface area contributed by atoms with Crippen LogP contribution in [0.1, 0.15) is 6.92 Å². The lowest BCUT2D eigenvalue weighted by atomic mass is 10.4. The maximum absolute atomic E-state index is 10.8. The van der Waals surface area contributed by atoms with E-state index in [1.807, 2.05) is 0 Å². The van der Waals surface area contributed by atoms with Gasteiger partial charge in [0.25, 0.3) is 0 Å². The number of rotatable bonds is 5. The van der Waals surface area contributed by atoms with Crippen molar-refractivity contribution in [3.8, 4) is 0 Å². The van der Waals surface area contributed by atoms with Crippen molar-refractivity contribution in [2.45, 2.75) is 13.2 Å². The summed E-state index contributed by atoms with van der Waals surface area (Å²) in [6, 6.07) is 0. The minimum absolute atomic E-state index is 0.201. The average Bonchev–Trinajstić information content (AvgIpc) is 2.13. The molecule has 5 nitrogen and oxygen atoms in total. The van der Waals surface area contributed by atoms with Gasteiger partial charge in [0.2, 0.25) is 6.29 Å². The van der Waals surface area contributed by atoms with E-state index in [1.165, 1.54) is 6.92 Å². The van der Waals surface area contributed by atoms with E-state index >= 15 is 0 Å². The van der Waals surface area contributed by atoms with Gasteiger partial charge in [0.15, 0.2) is 6.61 Å². The monoisotopic (exact) mass is 200 g/mol. The maximum atomic E-state index is 10.8. The zero-order valence-corrected chi connectivity index (χ0v) is 7.86. The van der Waals surface area contributed by atoms with Crippen LogP contribution in [0.3, 0.4) is 0 Å². The van der Waals surface area contributed by atoms with Crippen LogP contribution >= 0.6 is 0 Å². The van der Waals surface area contributed by atoms with Gasteiger partial charge < -0.3 is 14.6 Å². The Morgan fingerprint density at radius 1 is 1.57 bits per heavy atom. The molecule has 0 amide bonds. The minimum atomic E-state index is -1.48. The van der Waals surface area contributed by atoms with Crippen LogP contribution in [0.15, 0.2) is 24.8 Å². The Balaban J connectivity index is 3.79. The van der Waals surface area contributed by atoms with Crippen LogP contribution in [0.2, 0.25) is 0 Å². The Bertz CT molecular complexity index is 256. The standard InChI is InChI=1S/C9H12O5/c1-4-7(10)14-8(11)5-13-9(12)6(2)3/h4,8,11H,1-2,5H2,3H3. The summed E-state index contributed by atoms with van der Waals surface area (Å²) in [5.74, 6) is -1.44. The number of hydrogen-bond acceptors (Lipinski definition) is 5. The summed E-state index contributed by atoms with van der Waals surface area (Å²) in [5.41, 5.74) is 0.201. The summed E-state index contributed by atoms with van der Waals surface area (Å²) in [4.78, 5) is 21.4. The molecule has 1 atom stereocenters. The normalized spacial score (nSPS) is 11.3. The van der Waals surface area contributed by atoms with Crippen LogP contribution in [0.25, 0.3) is 0 Å². The van der Waals surface area contributed by atoms with E-state index in [0.29, 0.717) is 0 Å². The van der Waals surface area contributed by atoms with E-state index in [1.54, 1.807) is 0 Å². The van der Waals surface area contributed by atoms with Crippen LogP contribution < -0.4 is 0 Å². The van der Waals surface area contributed by atoms with Crippen molar-refractivity contribution in [1.82, 2.24) is 0 Å². The third-order valence-corrected chi connectivity index (χ3v) is 1.12. The first-order chi connectivity index (χ1) is 6.47. The number of ether oxygens (including phenoxy) is 2. The topological polar surface area (TPSA) is 72.8 Å². The van der Waals surface area contributed by atoms with Crippen LogP contribution in [0.4, 0.5) is 0 Å². The van der Waals surface area contributed by atoms with E-state index in [-0.39, 0.29) is 5.57 Å². The molecule has 0 spiro atoms. The van der Waals surface area contributed by atoms with Gasteiger partial charge in [0.1, 0.15) is 0 Å². The number of carbonyl (C=O) groups is 2. The first-order valence-electron chi connectivity index (χ1n) is 3.81. The molecular formula is C9H12O5.